The fraction of sp³-hybridized carbons (Fsp3) is 0.214. The number of hydrogen-bond acceptors (Lipinski definition) is 3. The number of nitrogens with one attached hydrogen (secondary N) is 1. The van der Waals surface area contributed by atoms with Gasteiger partial charge in [-0.15, -0.1) is 0 Å². The number of hydrogen-bond donors (Lipinski definition) is 2. The summed E-state index contributed by atoms with van der Waals surface area (Å²) < 4.78 is 0. The van der Waals surface area contributed by atoms with Crippen LogP contribution in [-0.4, -0.2) is 17.1 Å². The first-order valence-electron chi connectivity index (χ1n) is 5.62. The number of rotatable bonds is 4. The van der Waals surface area contributed by atoms with E-state index in [2.05, 4.69) is 10.3 Å². The molecule has 1 aromatic carbocycles. The van der Waals surface area contributed by atoms with E-state index in [1.807, 2.05) is 43.4 Å². The standard InChI is InChI=1S/C14H16N2O/c1-15-9-11-4-6-12(7-5-11)14(17)13-3-2-8-16-10-13/h2-8,10,14-15,17H,9H2,1H3. The van der Waals surface area contributed by atoms with Crippen molar-refractivity contribution < 1.29 is 5.11 Å². The largest absolute Gasteiger partial charge is 0.384 e. The van der Waals surface area contributed by atoms with Crippen LogP contribution < -0.4 is 5.32 Å². The first-order valence-corrected chi connectivity index (χ1v) is 5.62. The van der Waals surface area contributed by atoms with Crippen molar-refractivity contribution in [1.29, 1.82) is 0 Å². The molecule has 88 valence electrons. The van der Waals surface area contributed by atoms with Crippen molar-refractivity contribution in [2.75, 3.05) is 7.05 Å². The molecule has 0 spiro atoms. The van der Waals surface area contributed by atoms with Gasteiger partial charge in [-0.1, -0.05) is 30.3 Å². The highest BCUT2D eigenvalue weighted by Crippen LogP contribution is 2.21. The van der Waals surface area contributed by atoms with Crippen LogP contribution in [0.25, 0.3) is 0 Å². The summed E-state index contributed by atoms with van der Waals surface area (Å²) in [4.78, 5) is 4.01. The van der Waals surface area contributed by atoms with Crippen LogP contribution in [0.3, 0.4) is 0 Å². The zero-order chi connectivity index (χ0) is 12.1. The molecular weight excluding hydrogens is 212 g/mol. The highest BCUT2D eigenvalue weighted by atomic mass is 16.3. The summed E-state index contributed by atoms with van der Waals surface area (Å²) in [5.74, 6) is 0. The topological polar surface area (TPSA) is 45.1 Å². The Labute approximate surface area is 101 Å². The van der Waals surface area contributed by atoms with Crippen molar-refractivity contribution in [3.8, 4) is 0 Å². The normalized spacial score (nSPS) is 12.4. The van der Waals surface area contributed by atoms with Crippen LogP contribution in [0.2, 0.25) is 0 Å². The van der Waals surface area contributed by atoms with Gasteiger partial charge in [0, 0.05) is 24.5 Å². The second-order valence-corrected chi connectivity index (χ2v) is 3.96. The molecule has 0 aliphatic rings. The van der Waals surface area contributed by atoms with Gasteiger partial charge < -0.3 is 10.4 Å². The summed E-state index contributed by atoms with van der Waals surface area (Å²) in [5.41, 5.74) is 2.90. The van der Waals surface area contributed by atoms with E-state index in [0.717, 1.165) is 17.7 Å². The first-order chi connectivity index (χ1) is 8.31. The number of aromatic nitrogens is 1. The molecule has 3 nitrogen and oxygen atoms in total. The van der Waals surface area contributed by atoms with Gasteiger partial charge >= 0.3 is 0 Å². The molecule has 1 atom stereocenters. The SMILES string of the molecule is CNCc1ccc(C(O)c2cccnc2)cc1. The minimum Gasteiger partial charge on any atom is -0.384 e. The molecule has 0 aliphatic carbocycles. The van der Waals surface area contributed by atoms with E-state index in [4.69, 9.17) is 0 Å². The third kappa shape index (κ3) is 2.90. The quantitative estimate of drug-likeness (QED) is 0.840. The van der Waals surface area contributed by atoms with Crippen LogP contribution in [-0.2, 0) is 6.54 Å². The first kappa shape index (κ1) is 11.8. The molecule has 0 saturated heterocycles. The van der Waals surface area contributed by atoms with Gasteiger partial charge in [-0.2, -0.15) is 0 Å². The van der Waals surface area contributed by atoms with Crippen LogP contribution in [0, 0.1) is 0 Å². The number of aliphatic hydroxyl groups is 1. The van der Waals surface area contributed by atoms with E-state index in [1.54, 1.807) is 12.4 Å². The monoisotopic (exact) mass is 228 g/mol. The molecule has 0 saturated carbocycles. The molecular formula is C14H16N2O. The van der Waals surface area contributed by atoms with Crippen molar-refractivity contribution in [2.45, 2.75) is 12.6 Å². The van der Waals surface area contributed by atoms with E-state index in [-0.39, 0.29) is 0 Å². The van der Waals surface area contributed by atoms with Gasteiger partial charge in [0.15, 0.2) is 0 Å². The van der Waals surface area contributed by atoms with Crippen LogP contribution >= 0.6 is 0 Å². The molecule has 1 aromatic heterocycles. The lowest BCUT2D eigenvalue weighted by molar-refractivity contribution is 0.220. The van der Waals surface area contributed by atoms with Gasteiger partial charge in [-0.3, -0.25) is 4.98 Å². The van der Waals surface area contributed by atoms with Gasteiger partial charge in [0.05, 0.1) is 0 Å². The van der Waals surface area contributed by atoms with Crippen LogP contribution in [0.5, 0.6) is 0 Å². The lowest BCUT2D eigenvalue weighted by Gasteiger charge is -2.11. The van der Waals surface area contributed by atoms with E-state index in [9.17, 15) is 5.11 Å². The highest BCUT2D eigenvalue weighted by molar-refractivity contribution is 5.30. The summed E-state index contributed by atoms with van der Waals surface area (Å²) >= 11 is 0. The van der Waals surface area contributed by atoms with E-state index >= 15 is 0 Å². The van der Waals surface area contributed by atoms with Gasteiger partial charge in [-0.25, -0.2) is 0 Å². The summed E-state index contributed by atoms with van der Waals surface area (Å²) in [7, 11) is 1.92. The molecule has 3 heteroatoms. The third-order valence-electron chi connectivity index (χ3n) is 2.68. The molecule has 0 amide bonds. The maximum absolute atomic E-state index is 10.2. The average Bonchev–Trinajstić information content (AvgIpc) is 2.40. The second kappa shape index (κ2) is 5.57. The fourth-order valence-corrected chi connectivity index (χ4v) is 1.75. The van der Waals surface area contributed by atoms with Crippen LogP contribution in [0.1, 0.15) is 22.8 Å². The Kier molecular flexibility index (Phi) is 3.85. The van der Waals surface area contributed by atoms with Crippen molar-refractivity contribution in [1.82, 2.24) is 10.3 Å². The Morgan fingerprint density at radius 1 is 1.18 bits per heavy atom. The lowest BCUT2D eigenvalue weighted by Crippen LogP contribution is -2.05. The predicted molar refractivity (Wildman–Crippen MR) is 67.5 cm³/mol. The maximum Gasteiger partial charge on any atom is 0.106 e. The fourth-order valence-electron chi connectivity index (χ4n) is 1.75. The lowest BCUT2D eigenvalue weighted by atomic mass is 10.0. The Bertz CT molecular complexity index is 453. The molecule has 0 aliphatic heterocycles. The number of pyridine rings is 1. The van der Waals surface area contributed by atoms with Gasteiger partial charge in [-0.05, 0) is 24.2 Å². The summed E-state index contributed by atoms with van der Waals surface area (Å²) in [5, 5.41) is 13.2. The van der Waals surface area contributed by atoms with Crippen LogP contribution in [0.4, 0.5) is 0 Å². The molecule has 1 unspecified atom stereocenters. The van der Waals surface area contributed by atoms with E-state index < -0.39 is 6.10 Å². The molecule has 2 N–H and O–H groups in total. The Morgan fingerprint density at radius 3 is 2.53 bits per heavy atom. The Balaban J connectivity index is 2.17. The predicted octanol–water partition coefficient (Wildman–Crippen LogP) is 1.88. The van der Waals surface area contributed by atoms with Crippen molar-refractivity contribution >= 4 is 0 Å². The smallest absolute Gasteiger partial charge is 0.106 e. The molecule has 1 heterocycles. The zero-order valence-electron chi connectivity index (χ0n) is 9.80. The summed E-state index contributed by atoms with van der Waals surface area (Å²) in [6, 6.07) is 11.6. The zero-order valence-corrected chi connectivity index (χ0v) is 9.80. The van der Waals surface area contributed by atoms with Gasteiger partial charge in [0.25, 0.3) is 0 Å². The second-order valence-electron chi connectivity index (χ2n) is 3.96. The summed E-state index contributed by atoms with van der Waals surface area (Å²) in [6.07, 6.45) is 2.78. The molecule has 0 radical (unpaired) electrons. The van der Waals surface area contributed by atoms with Crippen molar-refractivity contribution in [2.24, 2.45) is 0 Å². The molecule has 2 aromatic rings. The van der Waals surface area contributed by atoms with Gasteiger partial charge in [0.2, 0.25) is 0 Å². The average molecular weight is 228 g/mol. The molecule has 0 bridgehead atoms. The Hall–Kier alpha value is -1.71. The minimum absolute atomic E-state index is 0.604. The minimum atomic E-state index is -0.604. The Morgan fingerprint density at radius 2 is 1.94 bits per heavy atom. The van der Waals surface area contributed by atoms with Crippen molar-refractivity contribution in [3.05, 3.63) is 65.5 Å². The van der Waals surface area contributed by atoms with Crippen molar-refractivity contribution in [3.63, 3.8) is 0 Å². The van der Waals surface area contributed by atoms with E-state index in [0.29, 0.717) is 0 Å². The van der Waals surface area contributed by atoms with E-state index in [1.165, 1.54) is 5.56 Å². The number of benzene rings is 1. The molecule has 2 rings (SSSR count). The number of aliphatic hydroxyl groups excluding tert-OH is 1. The number of nitrogens with zero attached hydrogens (tertiary/aromatic N) is 1. The maximum atomic E-state index is 10.2. The molecule has 17 heavy (non-hydrogen) atoms. The highest BCUT2D eigenvalue weighted by Gasteiger charge is 2.09. The summed E-state index contributed by atoms with van der Waals surface area (Å²) in [6.45, 7) is 0.837. The molecule has 0 fully saturated rings. The van der Waals surface area contributed by atoms with Gasteiger partial charge in [0.1, 0.15) is 6.10 Å². The van der Waals surface area contributed by atoms with Crippen LogP contribution in [0.15, 0.2) is 48.8 Å². The third-order valence-corrected chi connectivity index (χ3v) is 2.68.